The number of rotatable bonds is 5. The van der Waals surface area contributed by atoms with Gasteiger partial charge in [-0.05, 0) is 56.5 Å². The normalized spacial score (nSPS) is 14.1. The molecule has 28 heavy (non-hydrogen) atoms. The fourth-order valence-corrected chi connectivity index (χ4v) is 3.11. The first-order valence-corrected chi connectivity index (χ1v) is 9.30. The van der Waals surface area contributed by atoms with E-state index in [1.165, 1.54) is 0 Å². The van der Waals surface area contributed by atoms with Crippen molar-refractivity contribution in [3.05, 3.63) is 53.7 Å². The number of aliphatic hydroxyl groups is 1. The number of esters is 1. The molecule has 0 aliphatic heterocycles. The number of benzene rings is 2. The Labute approximate surface area is 164 Å². The van der Waals surface area contributed by atoms with E-state index in [4.69, 9.17) is 10.5 Å². The van der Waals surface area contributed by atoms with Gasteiger partial charge in [-0.2, -0.15) is 5.10 Å². The highest BCUT2D eigenvalue weighted by atomic mass is 16.6. The summed E-state index contributed by atoms with van der Waals surface area (Å²) < 4.78 is 5.57. The molecule has 0 aliphatic carbocycles. The topological polar surface area (TPSA) is 101 Å². The average molecular weight is 381 g/mol. The van der Waals surface area contributed by atoms with E-state index in [0.717, 1.165) is 27.6 Å². The van der Waals surface area contributed by atoms with Crippen LogP contribution in [0.1, 0.15) is 39.0 Å². The van der Waals surface area contributed by atoms with E-state index in [0.29, 0.717) is 5.69 Å². The van der Waals surface area contributed by atoms with Crippen LogP contribution in [0.4, 0.5) is 0 Å². The Morgan fingerprint density at radius 2 is 1.75 bits per heavy atom. The highest BCUT2D eigenvalue weighted by molar-refractivity contribution is 5.87. The largest absolute Gasteiger partial charge is 0.459 e. The first-order chi connectivity index (χ1) is 13.2. The number of nitrogens with zero attached hydrogens (tertiary/aromatic N) is 1. The molecule has 4 N–H and O–H groups in total. The van der Waals surface area contributed by atoms with Gasteiger partial charge in [-0.25, -0.2) is 0 Å². The molecule has 6 nitrogen and oxygen atoms in total. The van der Waals surface area contributed by atoms with E-state index in [9.17, 15) is 9.90 Å². The van der Waals surface area contributed by atoms with E-state index >= 15 is 0 Å². The highest BCUT2D eigenvalue weighted by Crippen LogP contribution is 2.30. The smallest absolute Gasteiger partial charge is 0.318 e. The first kappa shape index (κ1) is 20.0. The summed E-state index contributed by atoms with van der Waals surface area (Å²) in [7, 11) is 0. The second-order valence-corrected chi connectivity index (χ2v) is 8.20. The van der Waals surface area contributed by atoms with E-state index in [-0.39, 0.29) is 19.1 Å². The summed E-state index contributed by atoms with van der Waals surface area (Å²) in [5, 5.41) is 17.4. The van der Waals surface area contributed by atoms with Crippen molar-refractivity contribution in [3.63, 3.8) is 0 Å². The maximum atomic E-state index is 12.7. The molecule has 3 aromatic rings. The van der Waals surface area contributed by atoms with Crippen molar-refractivity contribution in [1.82, 2.24) is 10.2 Å². The van der Waals surface area contributed by atoms with Gasteiger partial charge in [0.05, 0.1) is 17.8 Å². The van der Waals surface area contributed by atoms with Crippen molar-refractivity contribution in [2.24, 2.45) is 5.73 Å². The Balaban J connectivity index is 1.93. The molecule has 0 fully saturated rings. The van der Waals surface area contributed by atoms with Crippen molar-refractivity contribution in [2.45, 2.75) is 45.3 Å². The number of carbonyl (C=O) groups excluding carboxylic acids is 1. The first-order valence-electron chi connectivity index (χ1n) is 9.30. The fraction of sp³-hybridized carbons (Fsp3) is 0.364. The van der Waals surface area contributed by atoms with Gasteiger partial charge in [0.2, 0.25) is 0 Å². The average Bonchev–Trinajstić information content (AvgIpc) is 3.08. The van der Waals surface area contributed by atoms with Crippen LogP contribution in [0, 0.1) is 0 Å². The maximum absolute atomic E-state index is 12.7. The molecule has 6 heteroatoms. The number of hydrogen-bond acceptors (Lipinski definition) is 5. The molecule has 0 amide bonds. The molecule has 1 atom stereocenters. The van der Waals surface area contributed by atoms with Crippen molar-refractivity contribution in [3.8, 4) is 11.1 Å². The molecule has 0 saturated carbocycles. The van der Waals surface area contributed by atoms with Crippen LogP contribution in [0.2, 0.25) is 0 Å². The van der Waals surface area contributed by atoms with Gasteiger partial charge in [-0.3, -0.25) is 9.89 Å². The summed E-state index contributed by atoms with van der Waals surface area (Å²) in [5.74, 6) is -0.331. The number of fused-ring (bicyclic) bond motifs is 1. The lowest BCUT2D eigenvalue weighted by Gasteiger charge is -2.31. The summed E-state index contributed by atoms with van der Waals surface area (Å²) >= 11 is 0. The molecule has 2 aromatic carbocycles. The minimum absolute atomic E-state index is 0.118. The van der Waals surface area contributed by atoms with E-state index in [2.05, 4.69) is 10.2 Å². The predicted molar refractivity (Wildman–Crippen MR) is 110 cm³/mol. The van der Waals surface area contributed by atoms with E-state index in [1.807, 2.05) is 63.2 Å². The third-order valence-corrected chi connectivity index (χ3v) is 4.90. The molecule has 0 saturated heterocycles. The molecule has 0 radical (unpaired) electrons. The minimum Gasteiger partial charge on any atom is -0.459 e. The zero-order chi connectivity index (χ0) is 20.5. The van der Waals surface area contributed by atoms with Gasteiger partial charge in [-0.15, -0.1) is 0 Å². The third-order valence-electron chi connectivity index (χ3n) is 4.90. The number of aromatic amines is 1. The molecular weight excluding hydrogens is 354 g/mol. The molecule has 1 heterocycles. The Morgan fingerprint density at radius 1 is 1.11 bits per heavy atom. The van der Waals surface area contributed by atoms with Gasteiger partial charge in [0, 0.05) is 11.9 Å². The van der Waals surface area contributed by atoms with Crippen molar-refractivity contribution in [1.29, 1.82) is 0 Å². The quantitative estimate of drug-likeness (QED) is 0.589. The molecular formula is C22H27N3O3. The standard InChI is InChI=1S/C22H27N3O3/c1-21(2,3)28-20(27)22(4,13-23)16-8-5-14(6-9-16)15-7-10-18-17(11-15)19(12-26)25-24-18/h5-11,26H,12-13,23H2,1-4H3,(H,24,25). The number of nitrogens with one attached hydrogen (secondary N) is 1. The van der Waals surface area contributed by atoms with Crippen molar-refractivity contribution < 1.29 is 14.6 Å². The molecule has 3 rings (SSSR count). The Bertz CT molecular complexity index is 986. The second-order valence-electron chi connectivity index (χ2n) is 8.20. The predicted octanol–water partition coefficient (Wildman–Crippen LogP) is 3.28. The molecule has 0 bridgehead atoms. The van der Waals surface area contributed by atoms with E-state index in [1.54, 1.807) is 6.92 Å². The molecule has 1 aromatic heterocycles. The van der Waals surface area contributed by atoms with Crippen LogP contribution in [0.3, 0.4) is 0 Å². The van der Waals surface area contributed by atoms with Crippen LogP contribution in [0.25, 0.3) is 22.0 Å². The maximum Gasteiger partial charge on any atom is 0.318 e. The van der Waals surface area contributed by atoms with Crippen molar-refractivity contribution in [2.75, 3.05) is 6.54 Å². The zero-order valence-electron chi connectivity index (χ0n) is 16.7. The van der Waals surface area contributed by atoms with Gasteiger partial charge < -0.3 is 15.6 Å². The number of aliphatic hydroxyl groups excluding tert-OH is 1. The van der Waals surface area contributed by atoms with Crippen LogP contribution in [-0.2, 0) is 21.6 Å². The number of aromatic nitrogens is 2. The summed E-state index contributed by atoms with van der Waals surface area (Å²) in [6.45, 7) is 7.38. The van der Waals surface area contributed by atoms with Crippen LogP contribution in [-0.4, -0.2) is 33.4 Å². The molecule has 148 valence electrons. The summed E-state index contributed by atoms with van der Waals surface area (Å²) in [4.78, 5) is 12.7. The van der Waals surface area contributed by atoms with E-state index < -0.39 is 11.0 Å². The van der Waals surface area contributed by atoms with Gasteiger partial charge in [0.25, 0.3) is 0 Å². The third kappa shape index (κ3) is 3.79. The number of H-pyrrole nitrogens is 1. The van der Waals surface area contributed by atoms with Gasteiger partial charge in [-0.1, -0.05) is 30.3 Å². The van der Waals surface area contributed by atoms with Gasteiger partial charge >= 0.3 is 5.97 Å². The molecule has 1 unspecified atom stereocenters. The Kier molecular flexibility index (Phi) is 5.28. The van der Waals surface area contributed by atoms with Crippen LogP contribution in [0.15, 0.2) is 42.5 Å². The van der Waals surface area contributed by atoms with Crippen LogP contribution < -0.4 is 5.73 Å². The number of hydrogen-bond donors (Lipinski definition) is 3. The lowest BCUT2D eigenvalue weighted by molar-refractivity contribution is -0.161. The summed E-state index contributed by atoms with van der Waals surface area (Å²) in [5.41, 5.74) is 8.79. The van der Waals surface area contributed by atoms with Gasteiger partial charge in [0.1, 0.15) is 11.0 Å². The number of nitrogens with two attached hydrogens (primary N) is 1. The van der Waals surface area contributed by atoms with Gasteiger partial charge in [0.15, 0.2) is 0 Å². The monoisotopic (exact) mass is 381 g/mol. The Hall–Kier alpha value is -2.70. The fourth-order valence-electron chi connectivity index (χ4n) is 3.11. The minimum atomic E-state index is -0.912. The number of carbonyl (C=O) groups is 1. The molecule has 0 aliphatic rings. The lowest BCUT2D eigenvalue weighted by Crippen LogP contribution is -2.44. The highest BCUT2D eigenvalue weighted by Gasteiger charge is 2.37. The SMILES string of the molecule is CC(C)(C)OC(=O)C(C)(CN)c1ccc(-c2ccc3[nH]nc(CO)c3c2)cc1. The van der Waals surface area contributed by atoms with Crippen LogP contribution >= 0.6 is 0 Å². The zero-order valence-corrected chi connectivity index (χ0v) is 16.7. The van der Waals surface area contributed by atoms with Crippen molar-refractivity contribution >= 4 is 16.9 Å². The lowest BCUT2D eigenvalue weighted by atomic mass is 9.81. The Morgan fingerprint density at radius 3 is 2.32 bits per heavy atom. The second kappa shape index (κ2) is 7.37. The molecule has 0 spiro atoms. The summed E-state index contributed by atoms with van der Waals surface area (Å²) in [6.07, 6.45) is 0. The summed E-state index contributed by atoms with van der Waals surface area (Å²) in [6, 6.07) is 13.7. The number of ether oxygens (including phenoxy) is 1. The van der Waals surface area contributed by atoms with Crippen LogP contribution in [0.5, 0.6) is 0 Å².